The summed E-state index contributed by atoms with van der Waals surface area (Å²) in [5, 5.41) is 13.6. The summed E-state index contributed by atoms with van der Waals surface area (Å²) in [7, 11) is 1.25. The van der Waals surface area contributed by atoms with Crippen molar-refractivity contribution in [2.45, 2.75) is 44.7 Å². The van der Waals surface area contributed by atoms with E-state index in [0.29, 0.717) is 5.69 Å². The Morgan fingerprint density at radius 1 is 1.28 bits per heavy atom. The molecule has 3 rings (SSSR count). The first-order valence-corrected chi connectivity index (χ1v) is 9.32. The number of anilines is 1. The molecular formula is C19H22N4O6. The van der Waals surface area contributed by atoms with Crippen molar-refractivity contribution in [1.29, 1.82) is 0 Å². The van der Waals surface area contributed by atoms with E-state index in [0.717, 1.165) is 32.1 Å². The van der Waals surface area contributed by atoms with E-state index in [1.807, 2.05) is 0 Å². The van der Waals surface area contributed by atoms with Crippen LogP contribution in [-0.2, 0) is 11.3 Å². The van der Waals surface area contributed by atoms with Crippen LogP contribution in [0.3, 0.4) is 0 Å². The van der Waals surface area contributed by atoms with Crippen LogP contribution in [-0.4, -0.2) is 40.0 Å². The number of nitrogens with one attached hydrogen (secondary N) is 1. The smallest absolute Gasteiger partial charge is 0.360 e. The average molecular weight is 402 g/mol. The highest BCUT2D eigenvalue weighted by Crippen LogP contribution is 2.25. The number of aromatic nitrogens is 1. The fourth-order valence-electron chi connectivity index (χ4n) is 3.35. The Morgan fingerprint density at radius 2 is 1.97 bits per heavy atom. The minimum Gasteiger partial charge on any atom is -0.464 e. The minimum absolute atomic E-state index is 0.00951. The lowest BCUT2D eigenvalue weighted by molar-refractivity contribution is -0.384. The molecule has 1 heterocycles. The van der Waals surface area contributed by atoms with Crippen LogP contribution in [0, 0.1) is 10.1 Å². The maximum absolute atomic E-state index is 13.0. The molecule has 1 fully saturated rings. The van der Waals surface area contributed by atoms with E-state index in [9.17, 15) is 19.7 Å². The van der Waals surface area contributed by atoms with Gasteiger partial charge in [0.15, 0.2) is 5.69 Å². The third-order valence-corrected chi connectivity index (χ3v) is 4.86. The number of ether oxygens (including phenoxy) is 1. The van der Waals surface area contributed by atoms with Crippen molar-refractivity contribution in [2.24, 2.45) is 0 Å². The number of hydrogen-bond donors (Lipinski definition) is 1. The lowest BCUT2D eigenvalue weighted by atomic mass is 9.94. The Balaban J connectivity index is 1.75. The van der Waals surface area contributed by atoms with Crippen molar-refractivity contribution in [2.75, 3.05) is 12.4 Å². The quantitative estimate of drug-likeness (QED) is 0.443. The number of nitro benzene ring substituents is 1. The predicted octanol–water partition coefficient (Wildman–Crippen LogP) is 3.74. The van der Waals surface area contributed by atoms with Crippen LogP contribution in [0.15, 0.2) is 34.9 Å². The normalized spacial score (nSPS) is 14.2. The van der Waals surface area contributed by atoms with Gasteiger partial charge in [-0.2, -0.15) is 0 Å². The number of carbonyl (C=O) groups is 2. The van der Waals surface area contributed by atoms with Gasteiger partial charge in [0.2, 0.25) is 5.89 Å². The van der Waals surface area contributed by atoms with Gasteiger partial charge in [-0.1, -0.05) is 19.3 Å². The Bertz CT molecular complexity index is 873. The molecule has 1 N–H and O–H groups in total. The highest BCUT2D eigenvalue weighted by atomic mass is 16.6. The molecule has 0 aliphatic heterocycles. The molecule has 0 spiro atoms. The van der Waals surface area contributed by atoms with Crippen LogP contribution in [0.1, 0.15) is 48.5 Å². The van der Waals surface area contributed by atoms with E-state index in [4.69, 9.17) is 4.42 Å². The predicted molar refractivity (Wildman–Crippen MR) is 102 cm³/mol. The van der Waals surface area contributed by atoms with Gasteiger partial charge in [-0.05, 0) is 25.0 Å². The molecule has 0 saturated heterocycles. The first-order valence-electron chi connectivity index (χ1n) is 9.32. The number of benzene rings is 1. The summed E-state index contributed by atoms with van der Waals surface area (Å²) < 4.78 is 9.96. The summed E-state index contributed by atoms with van der Waals surface area (Å²) in [6, 6.07) is 5.28. The molecule has 1 aromatic heterocycles. The number of esters is 1. The van der Waals surface area contributed by atoms with Crippen molar-refractivity contribution >= 4 is 23.4 Å². The van der Waals surface area contributed by atoms with E-state index >= 15 is 0 Å². The second kappa shape index (κ2) is 9.18. The molecule has 10 nitrogen and oxygen atoms in total. The molecular weight excluding hydrogens is 380 g/mol. The summed E-state index contributed by atoms with van der Waals surface area (Å²) in [5.74, 6) is -0.380. The molecule has 2 aromatic rings. The zero-order valence-corrected chi connectivity index (χ0v) is 16.0. The number of amides is 2. The molecule has 2 amide bonds. The fourth-order valence-corrected chi connectivity index (χ4v) is 3.35. The average Bonchev–Trinajstić information content (AvgIpc) is 3.21. The molecule has 1 aromatic carbocycles. The van der Waals surface area contributed by atoms with E-state index in [2.05, 4.69) is 15.0 Å². The van der Waals surface area contributed by atoms with Gasteiger partial charge in [0.25, 0.3) is 5.69 Å². The molecule has 1 aliphatic carbocycles. The minimum atomic E-state index is -0.612. The molecule has 0 atom stereocenters. The summed E-state index contributed by atoms with van der Waals surface area (Å²) in [6.45, 7) is 0.0977. The van der Waals surface area contributed by atoms with Gasteiger partial charge in [0, 0.05) is 23.9 Å². The number of nitrogens with zero attached hydrogens (tertiary/aromatic N) is 3. The van der Waals surface area contributed by atoms with Crippen molar-refractivity contribution < 1.29 is 23.7 Å². The number of rotatable bonds is 6. The van der Waals surface area contributed by atoms with Crippen LogP contribution < -0.4 is 5.32 Å². The van der Waals surface area contributed by atoms with Gasteiger partial charge < -0.3 is 19.4 Å². The maximum atomic E-state index is 13.0. The fraction of sp³-hybridized carbons (Fsp3) is 0.421. The second-order valence-electron chi connectivity index (χ2n) is 6.77. The number of carbonyl (C=O) groups excluding carboxylic acids is 2. The Hall–Kier alpha value is -3.43. The number of urea groups is 1. The monoisotopic (exact) mass is 402 g/mol. The van der Waals surface area contributed by atoms with Crippen molar-refractivity contribution in [3.05, 3.63) is 52.2 Å². The van der Waals surface area contributed by atoms with Gasteiger partial charge in [-0.3, -0.25) is 10.1 Å². The second-order valence-corrected chi connectivity index (χ2v) is 6.77. The number of methoxy groups -OCH3 is 1. The van der Waals surface area contributed by atoms with Gasteiger partial charge in [-0.15, -0.1) is 0 Å². The lowest BCUT2D eigenvalue weighted by Crippen LogP contribution is -2.43. The van der Waals surface area contributed by atoms with Gasteiger partial charge in [-0.25, -0.2) is 14.6 Å². The molecule has 154 valence electrons. The van der Waals surface area contributed by atoms with E-state index in [1.165, 1.54) is 37.6 Å². The SMILES string of the molecule is COC(=O)c1coc(CN(C(=O)Nc2ccc([N+](=O)[O-])cc2)C2CCCCC2)n1. The van der Waals surface area contributed by atoms with Gasteiger partial charge in [0.1, 0.15) is 6.26 Å². The van der Waals surface area contributed by atoms with Crippen molar-refractivity contribution in [3.63, 3.8) is 0 Å². The van der Waals surface area contributed by atoms with Crippen molar-refractivity contribution in [1.82, 2.24) is 9.88 Å². The molecule has 0 unspecified atom stereocenters. The topological polar surface area (TPSA) is 128 Å². The number of nitro groups is 1. The van der Waals surface area contributed by atoms with Crippen LogP contribution in [0.2, 0.25) is 0 Å². The highest BCUT2D eigenvalue weighted by Gasteiger charge is 2.28. The number of hydrogen-bond acceptors (Lipinski definition) is 7. The molecule has 1 aliphatic rings. The zero-order valence-electron chi connectivity index (χ0n) is 16.0. The van der Waals surface area contributed by atoms with E-state index in [-0.39, 0.29) is 35.9 Å². The Morgan fingerprint density at radius 3 is 2.59 bits per heavy atom. The Labute approximate surface area is 167 Å². The van der Waals surface area contributed by atoms with Crippen LogP contribution >= 0.6 is 0 Å². The number of non-ortho nitro benzene ring substituents is 1. The highest BCUT2D eigenvalue weighted by molar-refractivity contribution is 5.89. The summed E-state index contributed by atoms with van der Waals surface area (Å²) in [6.07, 6.45) is 6.08. The third kappa shape index (κ3) is 5.09. The lowest BCUT2D eigenvalue weighted by Gasteiger charge is -2.33. The first kappa shape index (κ1) is 20.3. The van der Waals surface area contributed by atoms with Crippen LogP contribution in [0.4, 0.5) is 16.2 Å². The first-order chi connectivity index (χ1) is 14.0. The van der Waals surface area contributed by atoms with Crippen molar-refractivity contribution in [3.8, 4) is 0 Å². The van der Waals surface area contributed by atoms with E-state index in [1.54, 1.807) is 4.90 Å². The summed E-state index contributed by atoms with van der Waals surface area (Å²) >= 11 is 0. The van der Waals surface area contributed by atoms with Gasteiger partial charge in [0.05, 0.1) is 18.6 Å². The van der Waals surface area contributed by atoms with Crippen LogP contribution in [0.25, 0.3) is 0 Å². The molecule has 29 heavy (non-hydrogen) atoms. The molecule has 0 radical (unpaired) electrons. The summed E-state index contributed by atoms with van der Waals surface area (Å²) in [4.78, 5) is 40.5. The van der Waals surface area contributed by atoms with Gasteiger partial charge >= 0.3 is 12.0 Å². The van der Waals surface area contributed by atoms with E-state index < -0.39 is 10.9 Å². The summed E-state index contributed by atoms with van der Waals surface area (Å²) in [5.41, 5.74) is 0.438. The van der Waals surface area contributed by atoms with Crippen LogP contribution in [0.5, 0.6) is 0 Å². The molecule has 1 saturated carbocycles. The standard InChI is InChI=1S/C19H22N4O6/c1-28-18(24)16-12-29-17(21-16)11-22(14-5-3-2-4-6-14)19(25)20-13-7-9-15(10-8-13)23(26)27/h7-10,12,14H,2-6,11H2,1H3,(H,20,25). The largest absolute Gasteiger partial charge is 0.464 e. The molecule has 10 heteroatoms. The molecule has 0 bridgehead atoms. The maximum Gasteiger partial charge on any atom is 0.360 e. The zero-order chi connectivity index (χ0) is 20.8. The number of oxazole rings is 1. The Kier molecular flexibility index (Phi) is 6.43. The third-order valence-electron chi connectivity index (χ3n) is 4.86.